The van der Waals surface area contributed by atoms with Crippen LogP contribution in [0.15, 0.2) is 48.5 Å². The van der Waals surface area contributed by atoms with E-state index in [2.05, 4.69) is 0 Å². The number of ether oxygens (including phenoxy) is 3. The summed E-state index contributed by atoms with van der Waals surface area (Å²) >= 11 is 0. The maximum atomic E-state index is 10.5. The molecule has 0 aromatic heterocycles. The van der Waals surface area contributed by atoms with Crippen molar-refractivity contribution in [2.24, 2.45) is 0 Å². The summed E-state index contributed by atoms with van der Waals surface area (Å²) in [5.74, 6) is 1.22. The van der Waals surface area contributed by atoms with Crippen molar-refractivity contribution in [2.75, 3.05) is 26.4 Å². The van der Waals surface area contributed by atoms with Gasteiger partial charge in [0, 0.05) is 17.7 Å². The summed E-state index contributed by atoms with van der Waals surface area (Å²) in [7, 11) is 0. The van der Waals surface area contributed by atoms with Crippen molar-refractivity contribution < 1.29 is 23.9 Å². The van der Waals surface area contributed by atoms with Crippen molar-refractivity contribution in [2.45, 2.75) is 0 Å². The van der Waals surface area contributed by atoms with Gasteiger partial charge in [0.2, 0.25) is 0 Å². The fourth-order valence-corrected chi connectivity index (χ4v) is 1.85. The van der Waals surface area contributed by atoms with Crippen molar-refractivity contribution in [3.63, 3.8) is 0 Å². The third kappa shape index (κ3) is 5.69. The molecular weight excluding hydrogens is 314 g/mol. The average molecular weight is 331 g/mol. The Hall–Kier alpha value is -2.93. The van der Waals surface area contributed by atoms with Gasteiger partial charge >= 0.3 is 0 Å². The van der Waals surface area contributed by atoms with Crippen molar-refractivity contribution in [1.29, 1.82) is 0 Å². The number of hydrogen-bond acceptors (Lipinski definition) is 6. The molecule has 2 aromatic carbocycles. The Morgan fingerprint density at radius 1 is 0.833 bits per heavy atom. The summed E-state index contributed by atoms with van der Waals surface area (Å²) in [5.41, 5.74) is 0.624. The van der Waals surface area contributed by atoms with E-state index in [4.69, 9.17) is 14.2 Å². The zero-order valence-electron chi connectivity index (χ0n) is 12.9. The quantitative estimate of drug-likeness (QED) is 0.288. The second-order valence-electron chi connectivity index (χ2n) is 4.75. The highest BCUT2D eigenvalue weighted by molar-refractivity contribution is 5.74. The molecule has 0 radical (unpaired) electrons. The lowest BCUT2D eigenvalue weighted by Crippen LogP contribution is -2.12. The number of nitro groups is 1. The largest absolute Gasteiger partial charge is 0.491 e. The zero-order valence-corrected chi connectivity index (χ0v) is 12.9. The molecule has 0 fully saturated rings. The van der Waals surface area contributed by atoms with E-state index in [1.165, 1.54) is 12.1 Å². The molecule has 0 saturated heterocycles. The van der Waals surface area contributed by atoms with Gasteiger partial charge in [-0.15, -0.1) is 0 Å². The number of hydrogen-bond donors (Lipinski definition) is 0. The Bertz CT molecular complexity index is 654. The third-order valence-electron chi connectivity index (χ3n) is 3.06. The predicted molar refractivity (Wildman–Crippen MR) is 86.7 cm³/mol. The van der Waals surface area contributed by atoms with E-state index in [-0.39, 0.29) is 5.69 Å². The fourth-order valence-electron chi connectivity index (χ4n) is 1.85. The second-order valence-corrected chi connectivity index (χ2v) is 4.75. The molecule has 126 valence electrons. The number of nitro benzene ring substituents is 1. The molecule has 0 heterocycles. The van der Waals surface area contributed by atoms with Crippen molar-refractivity contribution in [3.8, 4) is 11.5 Å². The summed E-state index contributed by atoms with van der Waals surface area (Å²) in [5, 5.41) is 10.5. The van der Waals surface area contributed by atoms with Gasteiger partial charge in [0.15, 0.2) is 0 Å². The molecule has 2 rings (SSSR count). The molecule has 0 amide bonds. The first-order chi connectivity index (χ1) is 11.7. The monoisotopic (exact) mass is 331 g/mol. The van der Waals surface area contributed by atoms with Crippen LogP contribution in [0.1, 0.15) is 10.4 Å². The molecule has 2 aromatic rings. The Kier molecular flexibility index (Phi) is 6.73. The summed E-state index contributed by atoms with van der Waals surface area (Å²) in [6.45, 7) is 1.51. The van der Waals surface area contributed by atoms with Crippen molar-refractivity contribution in [1.82, 2.24) is 0 Å². The lowest BCUT2D eigenvalue weighted by molar-refractivity contribution is -0.384. The molecule has 7 heteroatoms. The third-order valence-corrected chi connectivity index (χ3v) is 3.06. The molecule has 0 aliphatic carbocycles. The SMILES string of the molecule is O=Cc1ccc(OCCOCCOc2ccc([N+](=O)[O-])cc2)cc1. The van der Waals surface area contributed by atoms with Crippen LogP contribution in [0.5, 0.6) is 11.5 Å². The van der Waals surface area contributed by atoms with Crippen molar-refractivity contribution >= 4 is 12.0 Å². The Labute approximate surface area is 138 Å². The highest BCUT2D eigenvalue weighted by Gasteiger charge is 2.04. The topological polar surface area (TPSA) is 87.9 Å². The van der Waals surface area contributed by atoms with Gasteiger partial charge in [0.05, 0.1) is 18.1 Å². The average Bonchev–Trinajstić information content (AvgIpc) is 2.62. The van der Waals surface area contributed by atoms with Gasteiger partial charge in [-0.25, -0.2) is 0 Å². The van der Waals surface area contributed by atoms with Gasteiger partial charge < -0.3 is 14.2 Å². The van der Waals surface area contributed by atoms with E-state index in [1.807, 2.05) is 0 Å². The van der Waals surface area contributed by atoms with E-state index >= 15 is 0 Å². The summed E-state index contributed by atoms with van der Waals surface area (Å²) in [6, 6.07) is 12.7. The molecule has 0 saturated carbocycles. The van der Waals surface area contributed by atoms with Crippen LogP contribution in [0.25, 0.3) is 0 Å². The highest BCUT2D eigenvalue weighted by atomic mass is 16.6. The van der Waals surface area contributed by atoms with Crippen LogP contribution < -0.4 is 9.47 Å². The van der Waals surface area contributed by atoms with Crippen LogP contribution in [0.3, 0.4) is 0 Å². The lowest BCUT2D eigenvalue weighted by atomic mass is 10.2. The molecule has 7 nitrogen and oxygen atoms in total. The molecule has 0 atom stereocenters. The number of carbonyl (C=O) groups excluding carboxylic acids is 1. The molecule has 0 unspecified atom stereocenters. The van der Waals surface area contributed by atoms with Crippen LogP contribution in [-0.2, 0) is 4.74 Å². The predicted octanol–water partition coefficient (Wildman–Crippen LogP) is 2.88. The molecular formula is C17H17NO6. The number of carbonyl (C=O) groups is 1. The van der Waals surface area contributed by atoms with Gasteiger partial charge in [0.1, 0.15) is 31.0 Å². The standard InChI is InChI=1S/C17H17NO6/c19-13-14-1-5-16(6-2-14)23-11-9-22-10-12-24-17-7-3-15(4-8-17)18(20)21/h1-8,13H,9-12H2. The molecule has 0 spiro atoms. The Balaban J connectivity index is 1.56. The van der Waals surface area contributed by atoms with Gasteiger partial charge in [-0.1, -0.05) is 0 Å². The maximum Gasteiger partial charge on any atom is 0.269 e. The molecule has 0 aliphatic rings. The lowest BCUT2D eigenvalue weighted by Gasteiger charge is -2.08. The first-order valence-electron chi connectivity index (χ1n) is 7.32. The number of nitrogens with zero attached hydrogens (tertiary/aromatic N) is 1. The van der Waals surface area contributed by atoms with Crippen molar-refractivity contribution in [3.05, 3.63) is 64.2 Å². The summed E-state index contributed by atoms with van der Waals surface area (Å²) < 4.78 is 16.2. The van der Waals surface area contributed by atoms with Crippen LogP contribution in [0.4, 0.5) is 5.69 Å². The maximum absolute atomic E-state index is 10.5. The molecule has 0 aliphatic heterocycles. The van der Waals surface area contributed by atoms with Crippen LogP contribution >= 0.6 is 0 Å². The number of aldehydes is 1. The second kappa shape index (κ2) is 9.26. The van der Waals surface area contributed by atoms with Crippen LogP contribution in [0, 0.1) is 10.1 Å². The Morgan fingerprint density at radius 3 is 1.79 bits per heavy atom. The molecule has 0 bridgehead atoms. The number of non-ortho nitro benzene ring substituents is 1. The van der Waals surface area contributed by atoms with E-state index in [1.54, 1.807) is 36.4 Å². The van der Waals surface area contributed by atoms with E-state index in [9.17, 15) is 14.9 Å². The zero-order chi connectivity index (χ0) is 17.2. The van der Waals surface area contributed by atoms with Gasteiger partial charge in [-0.05, 0) is 36.4 Å². The van der Waals surface area contributed by atoms with Gasteiger partial charge in [-0.3, -0.25) is 14.9 Å². The minimum absolute atomic E-state index is 0.0249. The first kappa shape index (κ1) is 17.4. The van der Waals surface area contributed by atoms with Gasteiger partial charge in [-0.2, -0.15) is 0 Å². The smallest absolute Gasteiger partial charge is 0.269 e. The Morgan fingerprint density at radius 2 is 1.33 bits per heavy atom. The van der Waals surface area contributed by atoms with Crippen LogP contribution in [0.2, 0.25) is 0 Å². The first-order valence-corrected chi connectivity index (χ1v) is 7.32. The normalized spacial score (nSPS) is 10.2. The number of benzene rings is 2. The van der Waals surface area contributed by atoms with Crippen LogP contribution in [-0.4, -0.2) is 37.6 Å². The highest BCUT2D eigenvalue weighted by Crippen LogP contribution is 2.17. The minimum atomic E-state index is -0.459. The molecule has 24 heavy (non-hydrogen) atoms. The van der Waals surface area contributed by atoms with E-state index in [0.717, 1.165) is 6.29 Å². The van der Waals surface area contributed by atoms with E-state index < -0.39 is 4.92 Å². The fraction of sp³-hybridized carbons (Fsp3) is 0.235. The van der Waals surface area contributed by atoms with E-state index in [0.29, 0.717) is 43.5 Å². The summed E-state index contributed by atoms with van der Waals surface area (Å²) in [6.07, 6.45) is 0.776. The minimum Gasteiger partial charge on any atom is -0.491 e. The number of rotatable bonds is 10. The molecule has 0 N–H and O–H groups in total. The van der Waals surface area contributed by atoms with Gasteiger partial charge in [0.25, 0.3) is 5.69 Å². The summed E-state index contributed by atoms with van der Waals surface area (Å²) in [4.78, 5) is 20.6.